The number of nitrogens with two attached hydrogens (primary N) is 1. The molecular weight excluding hydrogens is 300 g/mol. The summed E-state index contributed by atoms with van der Waals surface area (Å²) >= 11 is 2.58. The molecule has 0 aliphatic rings. The molecule has 7 nitrogen and oxygen atoms in total. The van der Waals surface area contributed by atoms with Gasteiger partial charge in [0.05, 0.1) is 18.2 Å². The van der Waals surface area contributed by atoms with E-state index < -0.39 is 12.0 Å². The van der Waals surface area contributed by atoms with Crippen LogP contribution in [0.15, 0.2) is 17.0 Å². The summed E-state index contributed by atoms with van der Waals surface area (Å²) in [6.45, 7) is 0. The van der Waals surface area contributed by atoms with Gasteiger partial charge in [0.25, 0.3) is 0 Å². The molecule has 2 rings (SSSR count). The number of ether oxygens (including phenoxy) is 1. The van der Waals surface area contributed by atoms with E-state index in [2.05, 4.69) is 20.0 Å². The molecule has 0 bridgehead atoms. The molecule has 0 unspecified atom stereocenters. The maximum Gasteiger partial charge on any atom is 0.357 e. The predicted molar refractivity (Wildman–Crippen MR) is 75.9 cm³/mol. The van der Waals surface area contributed by atoms with Crippen LogP contribution in [0, 0.1) is 0 Å². The van der Waals surface area contributed by atoms with Gasteiger partial charge >= 0.3 is 5.97 Å². The molecule has 2 aromatic heterocycles. The Labute approximate surface area is 122 Å². The van der Waals surface area contributed by atoms with Gasteiger partial charge in [-0.3, -0.25) is 4.79 Å². The lowest BCUT2D eigenvalue weighted by molar-refractivity contribution is -0.117. The molecule has 1 amide bonds. The summed E-state index contributed by atoms with van der Waals surface area (Å²) in [7, 11) is 1.27. The van der Waals surface area contributed by atoms with E-state index in [9.17, 15) is 9.59 Å². The van der Waals surface area contributed by atoms with Crippen LogP contribution in [-0.4, -0.2) is 35.0 Å². The number of carbonyl (C=O) groups is 2. The van der Waals surface area contributed by atoms with Crippen LogP contribution in [0.25, 0.3) is 0 Å². The number of thiazole rings is 2. The third kappa shape index (κ3) is 3.59. The first-order chi connectivity index (χ1) is 9.60. The highest BCUT2D eigenvalue weighted by Crippen LogP contribution is 2.16. The highest BCUT2D eigenvalue weighted by Gasteiger charge is 2.18. The third-order valence-corrected chi connectivity index (χ3v) is 3.90. The second-order valence-electron chi connectivity index (χ2n) is 3.76. The quantitative estimate of drug-likeness (QED) is 0.794. The Kier molecular flexibility index (Phi) is 4.77. The van der Waals surface area contributed by atoms with Crippen LogP contribution < -0.4 is 11.1 Å². The molecular formula is C11H12N4O3S2. The molecule has 20 heavy (non-hydrogen) atoms. The van der Waals surface area contributed by atoms with Gasteiger partial charge in [0.1, 0.15) is 0 Å². The fourth-order valence-corrected chi connectivity index (χ4v) is 2.72. The minimum atomic E-state index is -0.716. The fraction of sp³-hybridized carbons (Fsp3) is 0.273. The number of anilines is 1. The van der Waals surface area contributed by atoms with Crippen molar-refractivity contribution in [3.05, 3.63) is 27.7 Å². The van der Waals surface area contributed by atoms with Crippen LogP contribution in [0.1, 0.15) is 15.5 Å². The zero-order valence-electron chi connectivity index (χ0n) is 10.5. The standard InChI is InChI=1S/C11H12N4O3S2/c1-18-10(17)7-5-20-11(14-7)15-9(16)6(12)4-8-13-2-3-19-8/h2-3,5-6H,4,12H2,1H3,(H,14,15,16)/t6-/m0/s1. The summed E-state index contributed by atoms with van der Waals surface area (Å²) in [4.78, 5) is 31.1. The Morgan fingerprint density at radius 3 is 2.95 bits per heavy atom. The normalized spacial score (nSPS) is 11.9. The van der Waals surface area contributed by atoms with Crippen LogP contribution in [0.4, 0.5) is 5.13 Å². The Bertz CT molecular complexity index is 597. The summed E-state index contributed by atoms with van der Waals surface area (Å²) in [5, 5.41) is 7.00. The highest BCUT2D eigenvalue weighted by atomic mass is 32.1. The Morgan fingerprint density at radius 1 is 1.50 bits per heavy atom. The summed E-state index contributed by atoms with van der Waals surface area (Å²) in [6.07, 6.45) is 2.02. The van der Waals surface area contributed by atoms with Gasteiger partial charge in [-0.25, -0.2) is 14.8 Å². The summed E-state index contributed by atoms with van der Waals surface area (Å²) in [5.74, 6) is -0.917. The number of aromatic nitrogens is 2. The van der Waals surface area contributed by atoms with Crippen molar-refractivity contribution in [3.8, 4) is 0 Å². The molecule has 2 aromatic rings. The topological polar surface area (TPSA) is 107 Å². The first kappa shape index (κ1) is 14.6. The zero-order valence-corrected chi connectivity index (χ0v) is 12.2. The number of hydrogen-bond acceptors (Lipinski definition) is 8. The zero-order chi connectivity index (χ0) is 14.5. The van der Waals surface area contributed by atoms with Crippen LogP contribution >= 0.6 is 22.7 Å². The largest absolute Gasteiger partial charge is 0.464 e. The minimum Gasteiger partial charge on any atom is -0.464 e. The smallest absolute Gasteiger partial charge is 0.357 e. The van der Waals surface area contributed by atoms with Crippen molar-refractivity contribution in [1.29, 1.82) is 0 Å². The summed E-state index contributed by atoms with van der Waals surface area (Å²) in [5.41, 5.74) is 5.94. The van der Waals surface area contributed by atoms with Gasteiger partial charge in [-0.15, -0.1) is 22.7 Å². The molecule has 0 aromatic carbocycles. The molecule has 0 saturated carbocycles. The number of hydrogen-bond donors (Lipinski definition) is 2. The lowest BCUT2D eigenvalue weighted by Gasteiger charge is -2.08. The molecule has 2 heterocycles. The van der Waals surface area contributed by atoms with Crippen molar-refractivity contribution < 1.29 is 14.3 Å². The van der Waals surface area contributed by atoms with Gasteiger partial charge in [0, 0.05) is 23.4 Å². The van der Waals surface area contributed by atoms with E-state index in [0.29, 0.717) is 11.6 Å². The Morgan fingerprint density at radius 2 is 2.30 bits per heavy atom. The molecule has 0 spiro atoms. The molecule has 1 atom stereocenters. The monoisotopic (exact) mass is 312 g/mol. The predicted octanol–water partition coefficient (Wildman–Crippen LogP) is 0.895. The number of rotatable bonds is 5. The molecule has 0 radical (unpaired) electrons. The van der Waals surface area contributed by atoms with E-state index in [4.69, 9.17) is 5.73 Å². The lowest BCUT2D eigenvalue weighted by atomic mass is 10.2. The number of nitrogens with zero attached hydrogens (tertiary/aromatic N) is 2. The van der Waals surface area contributed by atoms with Crippen molar-refractivity contribution >= 4 is 39.7 Å². The average molecular weight is 312 g/mol. The molecule has 0 aliphatic carbocycles. The Balaban J connectivity index is 1.93. The van der Waals surface area contributed by atoms with E-state index in [1.807, 2.05) is 5.38 Å². The van der Waals surface area contributed by atoms with E-state index in [1.165, 1.54) is 23.8 Å². The molecule has 3 N–H and O–H groups in total. The van der Waals surface area contributed by atoms with Crippen LogP contribution in [0.2, 0.25) is 0 Å². The molecule has 9 heteroatoms. The van der Waals surface area contributed by atoms with E-state index in [1.54, 1.807) is 6.20 Å². The molecule has 0 saturated heterocycles. The second kappa shape index (κ2) is 6.55. The summed E-state index contributed by atoms with van der Waals surface area (Å²) in [6, 6.07) is -0.716. The van der Waals surface area contributed by atoms with Crippen LogP contribution in [-0.2, 0) is 16.0 Å². The van der Waals surface area contributed by atoms with Gasteiger partial charge in [0.15, 0.2) is 10.8 Å². The fourth-order valence-electron chi connectivity index (χ4n) is 1.36. The van der Waals surface area contributed by atoms with Crippen molar-refractivity contribution in [3.63, 3.8) is 0 Å². The van der Waals surface area contributed by atoms with Crippen molar-refractivity contribution in [2.45, 2.75) is 12.5 Å². The SMILES string of the molecule is COC(=O)c1csc(NC(=O)[C@@H](N)Cc2nccs2)n1. The van der Waals surface area contributed by atoms with Crippen molar-refractivity contribution in [2.75, 3.05) is 12.4 Å². The molecule has 0 aliphatic heterocycles. The summed E-state index contributed by atoms with van der Waals surface area (Å²) < 4.78 is 4.53. The lowest BCUT2D eigenvalue weighted by Crippen LogP contribution is -2.37. The second-order valence-corrected chi connectivity index (χ2v) is 5.59. The van der Waals surface area contributed by atoms with Gasteiger partial charge < -0.3 is 15.8 Å². The first-order valence-corrected chi connectivity index (χ1v) is 7.34. The van der Waals surface area contributed by atoms with E-state index in [0.717, 1.165) is 16.3 Å². The maximum atomic E-state index is 11.9. The number of esters is 1. The van der Waals surface area contributed by atoms with Crippen LogP contribution in [0.3, 0.4) is 0 Å². The molecule has 0 fully saturated rings. The van der Waals surface area contributed by atoms with Crippen molar-refractivity contribution in [1.82, 2.24) is 9.97 Å². The van der Waals surface area contributed by atoms with Crippen molar-refractivity contribution in [2.24, 2.45) is 5.73 Å². The minimum absolute atomic E-state index is 0.154. The molecule has 106 valence electrons. The first-order valence-electron chi connectivity index (χ1n) is 5.59. The van der Waals surface area contributed by atoms with Gasteiger partial charge in [0.2, 0.25) is 5.91 Å². The number of carbonyl (C=O) groups excluding carboxylic acids is 2. The average Bonchev–Trinajstić information content (AvgIpc) is 3.09. The number of nitrogens with one attached hydrogen (secondary N) is 1. The third-order valence-electron chi connectivity index (χ3n) is 2.34. The maximum absolute atomic E-state index is 11.9. The Hall–Kier alpha value is -1.84. The van der Waals surface area contributed by atoms with E-state index in [-0.39, 0.29) is 11.6 Å². The van der Waals surface area contributed by atoms with Gasteiger partial charge in [-0.1, -0.05) is 0 Å². The van der Waals surface area contributed by atoms with Crippen LogP contribution in [0.5, 0.6) is 0 Å². The highest BCUT2D eigenvalue weighted by molar-refractivity contribution is 7.14. The number of methoxy groups -OCH3 is 1. The van der Waals surface area contributed by atoms with Gasteiger partial charge in [-0.2, -0.15) is 0 Å². The van der Waals surface area contributed by atoms with Gasteiger partial charge in [-0.05, 0) is 0 Å². The van der Waals surface area contributed by atoms with E-state index >= 15 is 0 Å². The number of amides is 1.